The first kappa shape index (κ1) is 44.1. The van der Waals surface area contributed by atoms with Crippen molar-refractivity contribution in [2.45, 2.75) is 27.2 Å². The van der Waals surface area contributed by atoms with Gasteiger partial charge in [0.1, 0.15) is 12.6 Å². The van der Waals surface area contributed by atoms with Gasteiger partial charge in [0.25, 0.3) is 0 Å². The van der Waals surface area contributed by atoms with Crippen molar-refractivity contribution in [3.05, 3.63) is 114 Å². The summed E-state index contributed by atoms with van der Waals surface area (Å²) in [5.41, 5.74) is 3.09. The van der Waals surface area contributed by atoms with Crippen LogP contribution in [-0.2, 0) is 6.42 Å². The van der Waals surface area contributed by atoms with Crippen LogP contribution in [0.3, 0.4) is 0 Å². The Bertz CT molecular complexity index is 1610. The van der Waals surface area contributed by atoms with E-state index in [0.717, 1.165) is 17.5 Å². The highest BCUT2D eigenvalue weighted by atomic mass is 16.5. The van der Waals surface area contributed by atoms with Crippen molar-refractivity contribution < 1.29 is 54.1 Å². The Hall–Kier alpha value is -5.94. The lowest BCUT2D eigenvalue weighted by molar-refractivity contribution is 0.111. The average Bonchev–Trinajstić information content (AvgIpc) is 3.12. The minimum Gasteiger partial charge on any atom is -0.504 e. The van der Waals surface area contributed by atoms with Gasteiger partial charge in [-0.25, -0.2) is 0 Å². The molecule has 0 aliphatic rings. The fourth-order valence-corrected chi connectivity index (χ4v) is 3.65. The largest absolute Gasteiger partial charge is 0.504 e. The maximum atomic E-state index is 10.3. The Morgan fingerprint density at radius 1 is 0.620 bits per heavy atom. The first-order valence-electron chi connectivity index (χ1n) is 15.3. The molecular weight excluding hydrogens is 644 g/mol. The minimum atomic E-state index is 0.0399. The van der Waals surface area contributed by atoms with Crippen molar-refractivity contribution in [2.24, 2.45) is 0 Å². The molecule has 4 aromatic rings. The van der Waals surface area contributed by atoms with Gasteiger partial charge in [-0.1, -0.05) is 30.4 Å². The van der Waals surface area contributed by atoms with Crippen LogP contribution in [-0.4, -0.2) is 72.6 Å². The zero-order valence-corrected chi connectivity index (χ0v) is 29.3. The number of allylic oxidation sites excluding steroid dienone is 2. The van der Waals surface area contributed by atoms with Crippen LogP contribution in [0.5, 0.6) is 46.0 Å². The molecule has 270 valence electrons. The highest BCUT2D eigenvalue weighted by Crippen LogP contribution is 2.28. The molecule has 0 heterocycles. The van der Waals surface area contributed by atoms with Gasteiger partial charge in [-0.2, -0.15) is 0 Å². The van der Waals surface area contributed by atoms with E-state index in [-0.39, 0.29) is 29.6 Å². The number of hydrogen-bond acceptors (Lipinski definition) is 11. The summed E-state index contributed by atoms with van der Waals surface area (Å²) in [6.07, 6.45) is 7.89. The number of aliphatic hydroxyl groups is 1. The normalized spacial score (nSPS) is 9.42. The maximum absolute atomic E-state index is 10.3. The van der Waals surface area contributed by atoms with Crippen LogP contribution in [0.2, 0.25) is 0 Å². The first-order valence-corrected chi connectivity index (χ1v) is 15.3. The standard InChI is InChI=1S/2C10H12O2.C9H10O3.C8H8O3.C2H6O/c2*1-3-4-8-5-6-9(11)10(7-8)12-2;1-2-12-9-5-7(6-10)3-4-8(9)11;1-11-8-4-6(5-9)2-3-7(8)10;1-2-3/h3-7,11H,1-2H3;3,5-7,11H,1,4H2,2H3;3-6,11H,2H2,1H3;2-5,10H,1H3;3H,2H2,1H3/b4-3+;;;;. The zero-order chi connectivity index (χ0) is 37.9. The Labute approximate surface area is 293 Å². The number of phenols is 4. The van der Waals surface area contributed by atoms with Gasteiger partial charge >= 0.3 is 0 Å². The highest BCUT2D eigenvalue weighted by Gasteiger charge is 2.03. The predicted octanol–water partition coefficient (Wildman–Crippen LogP) is 7.38. The Balaban J connectivity index is 0.000000623. The van der Waals surface area contributed by atoms with Gasteiger partial charge in [-0.3, -0.25) is 9.59 Å². The molecule has 0 saturated heterocycles. The number of rotatable bonds is 10. The average molecular weight is 693 g/mol. The molecule has 0 unspecified atom stereocenters. The van der Waals surface area contributed by atoms with Crippen LogP contribution in [0.1, 0.15) is 52.6 Å². The van der Waals surface area contributed by atoms with Gasteiger partial charge < -0.3 is 44.5 Å². The molecule has 4 rings (SSSR count). The molecule has 11 heteroatoms. The Kier molecular flexibility index (Phi) is 23.0. The summed E-state index contributed by atoms with van der Waals surface area (Å²) in [7, 11) is 4.50. The number of carbonyl (C=O) groups is 2. The molecule has 0 fully saturated rings. The summed E-state index contributed by atoms with van der Waals surface area (Å²) in [6, 6.07) is 19.4. The molecule has 11 nitrogen and oxygen atoms in total. The van der Waals surface area contributed by atoms with Gasteiger partial charge in [-0.15, -0.1) is 6.58 Å². The number of aliphatic hydroxyl groups excluding tert-OH is 1. The molecule has 0 bridgehead atoms. The lowest BCUT2D eigenvalue weighted by atomic mass is 10.1. The van der Waals surface area contributed by atoms with Crippen molar-refractivity contribution in [1.29, 1.82) is 0 Å². The molecule has 0 amide bonds. The van der Waals surface area contributed by atoms with Crippen molar-refractivity contribution in [3.63, 3.8) is 0 Å². The van der Waals surface area contributed by atoms with E-state index in [1.54, 1.807) is 31.2 Å². The number of carbonyl (C=O) groups excluding carboxylic acids is 2. The van der Waals surface area contributed by atoms with E-state index in [9.17, 15) is 24.9 Å². The molecule has 0 radical (unpaired) electrons. The van der Waals surface area contributed by atoms with Crippen molar-refractivity contribution in [1.82, 2.24) is 0 Å². The molecule has 50 heavy (non-hydrogen) atoms. The second-order valence-electron chi connectivity index (χ2n) is 9.57. The lowest BCUT2D eigenvalue weighted by Gasteiger charge is -2.04. The predicted molar refractivity (Wildman–Crippen MR) is 195 cm³/mol. The zero-order valence-electron chi connectivity index (χ0n) is 29.3. The van der Waals surface area contributed by atoms with Crippen LogP contribution < -0.4 is 18.9 Å². The molecule has 5 N–H and O–H groups in total. The number of aldehydes is 2. The topological polar surface area (TPSA) is 172 Å². The third kappa shape index (κ3) is 16.8. The molecule has 0 spiro atoms. The second-order valence-corrected chi connectivity index (χ2v) is 9.57. The molecule has 0 aliphatic heterocycles. The Morgan fingerprint density at radius 2 is 1.00 bits per heavy atom. The summed E-state index contributed by atoms with van der Waals surface area (Å²) in [5.74, 6) is 2.12. The van der Waals surface area contributed by atoms with Crippen LogP contribution >= 0.6 is 0 Å². The van der Waals surface area contributed by atoms with Gasteiger partial charge in [0.2, 0.25) is 0 Å². The van der Waals surface area contributed by atoms with Crippen LogP contribution in [0, 0.1) is 0 Å². The number of methoxy groups -OCH3 is 3. The summed E-state index contributed by atoms with van der Waals surface area (Å²) in [6.45, 7) is 9.79. The van der Waals surface area contributed by atoms with Gasteiger partial charge in [-0.05, 0) is 99.0 Å². The van der Waals surface area contributed by atoms with Crippen LogP contribution in [0.4, 0.5) is 0 Å². The third-order valence-corrected chi connectivity index (χ3v) is 5.95. The van der Waals surface area contributed by atoms with Crippen molar-refractivity contribution in [3.8, 4) is 46.0 Å². The number of aromatic hydroxyl groups is 4. The number of phenolic OH excluding ortho intramolecular Hbond substituents is 4. The maximum Gasteiger partial charge on any atom is 0.161 e. The summed E-state index contributed by atoms with van der Waals surface area (Å²) in [5, 5.41) is 44.4. The van der Waals surface area contributed by atoms with E-state index in [1.165, 1.54) is 57.7 Å². The fourth-order valence-electron chi connectivity index (χ4n) is 3.65. The molecule has 0 aliphatic carbocycles. The van der Waals surface area contributed by atoms with E-state index in [0.29, 0.717) is 53.3 Å². The van der Waals surface area contributed by atoms with E-state index in [1.807, 2.05) is 44.2 Å². The number of hydrogen-bond donors (Lipinski definition) is 5. The van der Waals surface area contributed by atoms with E-state index in [4.69, 9.17) is 29.2 Å². The second kappa shape index (κ2) is 26.1. The SMILES string of the molecule is C/C=C/c1ccc(O)c(OC)c1.C=CCc1ccc(O)c(OC)c1.CCO.CCOc1cc(C=O)ccc1O.COc1cc(C=O)ccc1O. The number of benzene rings is 4. The quantitative estimate of drug-likeness (QED) is 0.0829. The van der Waals surface area contributed by atoms with Gasteiger partial charge in [0.15, 0.2) is 46.0 Å². The summed E-state index contributed by atoms with van der Waals surface area (Å²) in [4.78, 5) is 20.6. The smallest absolute Gasteiger partial charge is 0.161 e. The molecular formula is C39H48O11. The monoisotopic (exact) mass is 692 g/mol. The Morgan fingerprint density at radius 3 is 1.40 bits per heavy atom. The van der Waals surface area contributed by atoms with Crippen molar-refractivity contribution >= 4 is 18.6 Å². The third-order valence-electron chi connectivity index (χ3n) is 5.95. The van der Waals surface area contributed by atoms with Crippen molar-refractivity contribution in [2.75, 3.05) is 34.5 Å². The van der Waals surface area contributed by atoms with E-state index >= 15 is 0 Å². The summed E-state index contributed by atoms with van der Waals surface area (Å²) < 4.78 is 19.7. The molecule has 0 saturated carbocycles. The fraction of sp³-hybridized carbons (Fsp3) is 0.231. The summed E-state index contributed by atoms with van der Waals surface area (Å²) >= 11 is 0. The minimum absolute atomic E-state index is 0.0399. The van der Waals surface area contributed by atoms with Crippen LogP contribution in [0.15, 0.2) is 91.5 Å². The molecule has 0 atom stereocenters. The molecule has 0 aromatic heterocycles. The van der Waals surface area contributed by atoms with Gasteiger partial charge in [0, 0.05) is 17.7 Å². The molecule has 4 aromatic carbocycles. The van der Waals surface area contributed by atoms with Gasteiger partial charge in [0.05, 0.1) is 27.9 Å². The lowest BCUT2D eigenvalue weighted by Crippen LogP contribution is -1.92. The highest BCUT2D eigenvalue weighted by molar-refractivity contribution is 5.76. The first-order chi connectivity index (χ1) is 24.0. The van der Waals surface area contributed by atoms with Crippen LogP contribution in [0.25, 0.3) is 6.08 Å². The number of ether oxygens (including phenoxy) is 4. The van der Waals surface area contributed by atoms with E-state index < -0.39 is 0 Å². The van der Waals surface area contributed by atoms with E-state index in [2.05, 4.69) is 6.58 Å².